The second-order valence-corrected chi connectivity index (χ2v) is 9.12. The van der Waals surface area contributed by atoms with Crippen LogP contribution in [0.4, 0.5) is 26.3 Å². The average Bonchev–Trinajstić information content (AvgIpc) is 2.89. The van der Waals surface area contributed by atoms with Crippen LogP contribution in [0.15, 0.2) is 73.2 Å². The minimum atomic E-state index is -6.09. The largest absolute Gasteiger partial charge is 5.00 e. The van der Waals surface area contributed by atoms with Crippen LogP contribution in [-0.2, 0) is 56.9 Å². The molecular weight excluding hydrogens is 654 g/mol. The third-order valence-corrected chi connectivity index (χ3v) is 4.51. The first-order valence-corrected chi connectivity index (χ1v) is 13.0. The molecule has 0 saturated carbocycles. The van der Waals surface area contributed by atoms with Crippen LogP contribution in [0.3, 0.4) is 0 Å². The van der Waals surface area contributed by atoms with E-state index in [4.69, 9.17) is 43.1 Å². The molecule has 3 aromatic rings. The zero-order valence-electron chi connectivity index (χ0n) is 20.5. The van der Waals surface area contributed by atoms with E-state index in [1.807, 2.05) is 54.6 Å². The van der Waals surface area contributed by atoms with Gasteiger partial charge in [-0.2, -0.15) is 26.3 Å². The summed E-state index contributed by atoms with van der Waals surface area (Å²) in [5.74, 6) is 0. The number of pyridine rings is 3. The van der Waals surface area contributed by atoms with Crippen molar-refractivity contribution in [1.29, 1.82) is 0 Å². The molecule has 41 heavy (non-hydrogen) atoms. The van der Waals surface area contributed by atoms with Gasteiger partial charge in [0.2, 0.25) is 0 Å². The van der Waals surface area contributed by atoms with E-state index in [9.17, 15) is 26.3 Å². The number of halogens is 6. The summed E-state index contributed by atoms with van der Waals surface area (Å²) in [6.45, 7) is 1.59. The maximum absolute atomic E-state index is 10.7. The molecule has 3 rings (SSSR count). The predicted molar refractivity (Wildman–Crippen MR) is 128 cm³/mol. The molecule has 3 aromatic heterocycles. The molecule has 0 fully saturated rings. The molecule has 6 N–H and O–H groups in total. The summed E-state index contributed by atoms with van der Waals surface area (Å²) >= 11 is 0. The van der Waals surface area contributed by atoms with E-state index >= 15 is 0 Å². The van der Waals surface area contributed by atoms with Gasteiger partial charge in [0.1, 0.15) is 0 Å². The molecule has 0 aliphatic rings. The van der Waals surface area contributed by atoms with Crippen molar-refractivity contribution in [2.24, 2.45) is 17.2 Å². The first kappa shape index (κ1) is 42.7. The second-order valence-electron chi connectivity index (χ2n) is 6.38. The Labute approximate surface area is 242 Å². The van der Waals surface area contributed by atoms with Gasteiger partial charge in [-0.1, -0.05) is 18.2 Å². The fourth-order valence-corrected chi connectivity index (χ4v) is 1.56. The SMILES string of the molecule is NCc1ccccn1.NCc1ccccn1.NCc1ccccn1.O=S(=O)([O-])C(F)(F)F.O=S(=O)([O-])C(F)(F)F.[Fe+5]. The molecule has 0 bridgehead atoms. The summed E-state index contributed by atoms with van der Waals surface area (Å²) < 4.78 is 118. The van der Waals surface area contributed by atoms with Crippen molar-refractivity contribution in [3.63, 3.8) is 0 Å². The first-order chi connectivity index (χ1) is 18.3. The van der Waals surface area contributed by atoms with Crippen molar-refractivity contribution in [2.45, 2.75) is 30.7 Å². The number of aromatic nitrogens is 3. The van der Waals surface area contributed by atoms with Crippen LogP contribution in [0, 0.1) is 0 Å². The second kappa shape index (κ2) is 21.0. The molecule has 12 nitrogen and oxygen atoms in total. The van der Waals surface area contributed by atoms with Crippen LogP contribution >= 0.6 is 0 Å². The normalized spacial score (nSPS) is 10.8. The standard InChI is InChI=1S/3C6H8N2.2CHF3O3S.Fe/c3*7-5-6-3-1-2-4-8-6;2*2-1(3,4)8(5,6)7;/h3*1-4H,5,7H2;2*(H,5,6,7);/q;;;;;+5/p-2. The molecule has 0 atom stereocenters. The summed E-state index contributed by atoms with van der Waals surface area (Å²) in [5.41, 5.74) is 7.38. The van der Waals surface area contributed by atoms with Gasteiger partial charge in [-0.05, 0) is 36.4 Å². The Hall–Kier alpha value is -2.75. The number of rotatable bonds is 3. The molecule has 0 unspecified atom stereocenters. The summed E-state index contributed by atoms with van der Waals surface area (Å²) in [4.78, 5) is 11.9. The molecule has 0 aromatic carbocycles. The number of alkyl halides is 6. The number of nitrogens with two attached hydrogens (primary N) is 3. The van der Waals surface area contributed by atoms with Gasteiger partial charge >= 0.3 is 28.1 Å². The third-order valence-electron chi connectivity index (χ3n) is 3.37. The third kappa shape index (κ3) is 22.6. The maximum atomic E-state index is 10.7. The fraction of sp³-hybridized carbons (Fsp3) is 0.250. The minimum absolute atomic E-state index is 0. The van der Waals surface area contributed by atoms with Gasteiger partial charge in [0.25, 0.3) is 0 Å². The Morgan fingerprint density at radius 3 is 0.829 bits per heavy atom. The zero-order valence-corrected chi connectivity index (χ0v) is 23.2. The van der Waals surface area contributed by atoms with Gasteiger partial charge in [-0.3, -0.25) is 15.0 Å². The molecule has 229 valence electrons. The molecule has 1 radical (unpaired) electrons. The zero-order chi connectivity index (χ0) is 31.5. The van der Waals surface area contributed by atoms with E-state index in [1.54, 1.807) is 18.6 Å². The molecular formula is C20H24F6FeN6O6S2+3. The monoisotopic (exact) mass is 678 g/mol. The van der Waals surface area contributed by atoms with Crippen LogP contribution in [0.2, 0.25) is 0 Å². The Bertz CT molecular complexity index is 1140. The molecule has 0 aliphatic carbocycles. The van der Waals surface area contributed by atoms with E-state index < -0.39 is 31.3 Å². The van der Waals surface area contributed by atoms with Crippen molar-refractivity contribution >= 4 is 20.2 Å². The average molecular weight is 678 g/mol. The predicted octanol–water partition coefficient (Wildman–Crippen LogP) is 1.72. The van der Waals surface area contributed by atoms with Gasteiger partial charge in [-0.15, -0.1) is 0 Å². The van der Waals surface area contributed by atoms with Crippen molar-refractivity contribution in [3.05, 3.63) is 90.3 Å². The summed E-state index contributed by atoms with van der Waals surface area (Å²) in [5, 5.41) is 0. The number of nitrogens with zero attached hydrogens (tertiary/aromatic N) is 3. The van der Waals surface area contributed by atoms with E-state index in [1.165, 1.54) is 0 Å². The molecule has 0 amide bonds. The number of hydrogen-bond acceptors (Lipinski definition) is 12. The van der Waals surface area contributed by atoms with E-state index in [2.05, 4.69) is 15.0 Å². The number of hydrogen-bond donors (Lipinski definition) is 3. The first-order valence-electron chi connectivity index (χ1n) is 10.1. The summed E-state index contributed by atoms with van der Waals surface area (Å²) in [7, 11) is -12.2. The van der Waals surface area contributed by atoms with Crippen LogP contribution in [0.25, 0.3) is 0 Å². The quantitative estimate of drug-likeness (QED) is 0.156. The minimum Gasteiger partial charge on any atom is -0.741 e. The fourth-order valence-electron chi connectivity index (χ4n) is 1.56. The summed E-state index contributed by atoms with van der Waals surface area (Å²) in [6.07, 6.45) is 5.21. The molecule has 3 heterocycles. The van der Waals surface area contributed by atoms with Crippen molar-refractivity contribution in [1.82, 2.24) is 15.0 Å². The smallest absolute Gasteiger partial charge is 0.741 e. The molecule has 0 spiro atoms. The molecule has 0 aliphatic heterocycles. The van der Waals surface area contributed by atoms with Crippen molar-refractivity contribution in [2.75, 3.05) is 0 Å². The Kier molecular flexibility index (Phi) is 21.9. The van der Waals surface area contributed by atoms with Gasteiger partial charge in [0, 0.05) is 38.2 Å². The van der Waals surface area contributed by atoms with Crippen LogP contribution < -0.4 is 17.2 Å². The van der Waals surface area contributed by atoms with Crippen LogP contribution in [-0.4, -0.2) is 51.9 Å². The Morgan fingerprint density at radius 1 is 0.561 bits per heavy atom. The molecule has 21 heteroatoms. The topological polar surface area (TPSA) is 231 Å². The van der Waals surface area contributed by atoms with Gasteiger partial charge < -0.3 is 26.3 Å². The van der Waals surface area contributed by atoms with E-state index in [0.29, 0.717) is 19.6 Å². The van der Waals surface area contributed by atoms with E-state index in [0.717, 1.165) is 17.1 Å². The summed E-state index contributed by atoms with van der Waals surface area (Å²) in [6, 6.07) is 17.1. The van der Waals surface area contributed by atoms with Gasteiger partial charge in [0.15, 0.2) is 20.2 Å². The van der Waals surface area contributed by atoms with Gasteiger partial charge in [-0.25, -0.2) is 16.8 Å². The maximum Gasteiger partial charge on any atom is 5.00 e. The Balaban J connectivity index is -0.000000438. The Morgan fingerprint density at radius 2 is 0.756 bits per heavy atom. The van der Waals surface area contributed by atoms with Crippen LogP contribution in [0.5, 0.6) is 0 Å². The van der Waals surface area contributed by atoms with Crippen molar-refractivity contribution < 1.29 is 69.4 Å². The van der Waals surface area contributed by atoms with E-state index in [-0.39, 0.29) is 17.1 Å². The van der Waals surface area contributed by atoms with Crippen molar-refractivity contribution in [3.8, 4) is 0 Å². The van der Waals surface area contributed by atoms with Crippen LogP contribution in [0.1, 0.15) is 17.1 Å². The molecule has 0 saturated heterocycles. The van der Waals surface area contributed by atoms with Gasteiger partial charge in [0.05, 0.1) is 17.1 Å².